The third-order valence-electron chi connectivity index (χ3n) is 2.37. The largest absolute Gasteiger partial charge is 0.519 e. The molecule has 0 saturated carbocycles. The van der Waals surface area contributed by atoms with Crippen LogP contribution in [-0.4, -0.2) is 50.7 Å². The maximum atomic E-state index is 12.1. The van der Waals surface area contributed by atoms with Gasteiger partial charge < -0.3 is 4.74 Å². The summed E-state index contributed by atoms with van der Waals surface area (Å²) in [6, 6.07) is 0. The van der Waals surface area contributed by atoms with Crippen LogP contribution in [0.1, 0.15) is 20.8 Å². The van der Waals surface area contributed by atoms with Gasteiger partial charge >= 0.3 is 6.09 Å². The number of quaternary nitrogens is 1. The van der Waals surface area contributed by atoms with Crippen LogP contribution in [0.4, 0.5) is 4.79 Å². The van der Waals surface area contributed by atoms with Gasteiger partial charge in [0.15, 0.2) is 0 Å². The molecule has 18 heavy (non-hydrogen) atoms. The van der Waals surface area contributed by atoms with Crippen molar-refractivity contribution in [1.82, 2.24) is 0 Å². The van der Waals surface area contributed by atoms with Crippen LogP contribution >= 0.6 is 0 Å². The van der Waals surface area contributed by atoms with Crippen molar-refractivity contribution in [2.75, 3.05) is 26.1 Å². The maximum absolute atomic E-state index is 12.1. The van der Waals surface area contributed by atoms with E-state index in [-0.39, 0.29) is 11.2 Å². The molecular weight excluding hydrogens is 258 g/mol. The van der Waals surface area contributed by atoms with Crippen molar-refractivity contribution in [3.05, 3.63) is 12.2 Å². The highest BCUT2D eigenvalue weighted by Gasteiger charge is 2.42. The quantitative estimate of drug-likeness (QED) is 0.441. The Morgan fingerprint density at radius 1 is 1.28 bits per heavy atom. The van der Waals surface area contributed by atoms with Gasteiger partial charge in [-0.25, -0.2) is 4.18 Å². The molecule has 7 heteroatoms. The fourth-order valence-electron chi connectivity index (χ4n) is 1.49. The van der Waals surface area contributed by atoms with E-state index < -0.39 is 21.8 Å². The van der Waals surface area contributed by atoms with Gasteiger partial charge in [0.1, 0.15) is 18.7 Å². The Hall–Kier alpha value is -0.920. The molecule has 0 fully saturated rings. The summed E-state index contributed by atoms with van der Waals surface area (Å²) in [6.07, 6.45) is 4.11. The van der Waals surface area contributed by atoms with Crippen molar-refractivity contribution in [3.8, 4) is 0 Å². The van der Waals surface area contributed by atoms with Crippen molar-refractivity contribution < 1.29 is 26.6 Å². The summed E-state index contributed by atoms with van der Waals surface area (Å²) in [5.74, 6) is 0. The topological polar surface area (TPSA) is 69.7 Å². The van der Waals surface area contributed by atoms with Crippen LogP contribution in [0.15, 0.2) is 12.2 Å². The van der Waals surface area contributed by atoms with Crippen molar-refractivity contribution in [3.63, 3.8) is 0 Å². The van der Waals surface area contributed by atoms with E-state index in [9.17, 15) is 13.2 Å². The lowest BCUT2D eigenvalue weighted by Crippen LogP contribution is -2.54. The first-order valence-corrected chi connectivity index (χ1v) is 7.45. The molecule has 0 saturated heterocycles. The molecule has 1 aliphatic rings. The van der Waals surface area contributed by atoms with E-state index in [0.717, 1.165) is 6.26 Å². The van der Waals surface area contributed by atoms with Crippen LogP contribution in [0.2, 0.25) is 0 Å². The molecule has 0 aliphatic carbocycles. The highest BCUT2D eigenvalue weighted by atomic mass is 32.2. The molecular formula is C11H20NO5S+. The Kier molecular flexibility index (Phi) is 4.19. The number of hydrogen-bond acceptors (Lipinski definition) is 5. The summed E-state index contributed by atoms with van der Waals surface area (Å²) in [7, 11) is -3.58. The zero-order valence-corrected chi connectivity index (χ0v) is 12.0. The number of nitrogens with zero attached hydrogens (tertiary/aromatic N) is 1. The summed E-state index contributed by atoms with van der Waals surface area (Å²) in [6.45, 7) is 5.82. The SMILES string of the molecule is CC(C)(C)OC(=O)[N+]1(COS(C)(=O)=O)CC=CC1. The smallest absolute Gasteiger partial charge is 0.414 e. The first-order valence-electron chi connectivity index (χ1n) is 5.63. The van der Waals surface area contributed by atoms with Gasteiger partial charge in [0.05, 0.1) is 6.26 Å². The molecule has 0 bridgehead atoms. The molecule has 0 atom stereocenters. The van der Waals surface area contributed by atoms with Gasteiger partial charge in [-0.2, -0.15) is 17.7 Å². The van der Waals surface area contributed by atoms with E-state index in [1.807, 2.05) is 12.2 Å². The minimum absolute atomic E-state index is 0.176. The summed E-state index contributed by atoms with van der Waals surface area (Å²) >= 11 is 0. The number of rotatable bonds is 3. The van der Waals surface area contributed by atoms with Crippen LogP contribution in [0.5, 0.6) is 0 Å². The lowest BCUT2D eigenvalue weighted by molar-refractivity contribution is -0.858. The van der Waals surface area contributed by atoms with Crippen molar-refractivity contribution in [1.29, 1.82) is 0 Å². The van der Waals surface area contributed by atoms with Crippen LogP contribution in [0, 0.1) is 0 Å². The van der Waals surface area contributed by atoms with Crippen molar-refractivity contribution >= 4 is 16.2 Å². The number of carbonyl (C=O) groups excluding carboxylic acids is 1. The number of carbonyl (C=O) groups is 1. The number of ether oxygens (including phenoxy) is 1. The van der Waals surface area contributed by atoms with Crippen LogP contribution < -0.4 is 0 Å². The third-order valence-corrected chi connectivity index (χ3v) is 2.90. The van der Waals surface area contributed by atoms with E-state index in [1.165, 1.54) is 0 Å². The monoisotopic (exact) mass is 278 g/mol. The fourth-order valence-corrected chi connectivity index (χ4v) is 1.88. The van der Waals surface area contributed by atoms with Gasteiger partial charge in [0.25, 0.3) is 10.1 Å². The Labute approximate surface area is 108 Å². The Balaban J connectivity index is 2.78. The van der Waals surface area contributed by atoms with Crippen LogP contribution in [-0.2, 0) is 19.0 Å². The van der Waals surface area contributed by atoms with E-state index >= 15 is 0 Å². The molecule has 0 unspecified atom stereocenters. The molecule has 104 valence electrons. The minimum atomic E-state index is -3.58. The normalized spacial score (nSPS) is 18.9. The first kappa shape index (κ1) is 15.1. The Morgan fingerprint density at radius 2 is 1.78 bits per heavy atom. The second kappa shape index (κ2) is 4.99. The predicted molar refractivity (Wildman–Crippen MR) is 66.2 cm³/mol. The summed E-state index contributed by atoms with van der Waals surface area (Å²) in [5, 5.41) is 0. The van der Waals surface area contributed by atoms with Gasteiger partial charge in [-0.1, -0.05) is 0 Å². The van der Waals surface area contributed by atoms with E-state index in [1.54, 1.807) is 20.8 Å². The number of hydrogen-bond donors (Lipinski definition) is 0. The average molecular weight is 278 g/mol. The molecule has 1 amide bonds. The molecule has 0 aromatic carbocycles. The van der Waals surface area contributed by atoms with Crippen molar-refractivity contribution in [2.24, 2.45) is 0 Å². The van der Waals surface area contributed by atoms with Gasteiger partial charge in [0, 0.05) is 0 Å². The molecule has 0 aromatic rings. The summed E-state index contributed by atoms with van der Waals surface area (Å²) in [4.78, 5) is 12.1. The zero-order chi connectivity index (χ0) is 14.0. The molecule has 1 rings (SSSR count). The minimum Gasteiger partial charge on any atom is -0.414 e. The molecule has 6 nitrogen and oxygen atoms in total. The molecule has 0 radical (unpaired) electrons. The van der Waals surface area contributed by atoms with Gasteiger partial charge in [0.2, 0.25) is 6.73 Å². The van der Waals surface area contributed by atoms with Crippen molar-refractivity contribution in [2.45, 2.75) is 26.4 Å². The lowest BCUT2D eigenvalue weighted by Gasteiger charge is -2.31. The van der Waals surface area contributed by atoms with Gasteiger partial charge in [-0.3, -0.25) is 0 Å². The maximum Gasteiger partial charge on any atom is 0.519 e. The van der Waals surface area contributed by atoms with E-state index in [2.05, 4.69) is 0 Å². The molecule has 0 aromatic heterocycles. The summed E-state index contributed by atoms with van der Waals surface area (Å²) in [5.41, 5.74) is -0.615. The number of amides is 1. The average Bonchev–Trinajstić information content (AvgIpc) is 2.60. The highest BCUT2D eigenvalue weighted by molar-refractivity contribution is 7.85. The standard InChI is InChI=1S/C11H20NO5S/c1-11(2,3)17-10(13)12(7-5-6-8-12)9-16-18(4,14)15/h5-6H,7-9H2,1-4H3/q+1. The predicted octanol–water partition coefficient (Wildman–Crippen LogP) is 1.24. The van der Waals surface area contributed by atoms with Gasteiger partial charge in [-0.15, -0.1) is 0 Å². The van der Waals surface area contributed by atoms with E-state index in [4.69, 9.17) is 8.92 Å². The van der Waals surface area contributed by atoms with Gasteiger partial charge in [-0.05, 0) is 32.9 Å². The zero-order valence-electron chi connectivity index (χ0n) is 11.2. The van der Waals surface area contributed by atoms with Crippen LogP contribution in [0.3, 0.4) is 0 Å². The molecule has 1 heterocycles. The lowest BCUT2D eigenvalue weighted by atomic mass is 10.2. The Bertz CT molecular complexity index is 439. The second-order valence-electron chi connectivity index (χ2n) is 5.41. The Morgan fingerprint density at radius 3 is 2.17 bits per heavy atom. The van der Waals surface area contributed by atoms with Crippen LogP contribution in [0.25, 0.3) is 0 Å². The second-order valence-corrected chi connectivity index (χ2v) is 7.06. The molecule has 0 N–H and O–H groups in total. The highest BCUT2D eigenvalue weighted by Crippen LogP contribution is 2.20. The fraction of sp³-hybridized carbons (Fsp3) is 0.727. The third kappa shape index (κ3) is 4.40. The molecule has 0 spiro atoms. The first-order chi connectivity index (χ1) is 8.04. The molecule has 1 aliphatic heterocycles. The summed E-state index contributed by atoms with van der Waals surface area (Å²) < 4.78 is 32.0. The van der Waals surface area contributed by atoms with E-state index in [0.29, 0.717) is 13.1 Å².